The maximum Gasteiger partial charge on any atom is 0.247 e. The molecule has 3 aromatic carbocycles. The first-order chi connectivity index (χ1) is 20.1. The Kier molecular flexibility index (Phi) is 5.53. The number of aryl methyl sites for hydroxylation is 2. The number of hydrogen-bond acceptors (Lipinski definition) is 6. The summed E-state index contributed by atoms with van der Waals surface area (Å²) in [5.41, 5.74) is 7.39. The fourth-order valence-electron chi connectivity index (χ4n) is 6.37. The standard InChI is InChI=1S/C32H30N8O/c1-38-16-24(25-7-3-4-8-29(25)38)19-40-13-5-6-22(18-40)32-36-35-31(41-32)21-10-12-28-26(15-21)30(34-33-28)20-9-11-27-23(14-20)17-39(2)37-27/h3-4,7-12,14-17,22H,5-6,13,18-19H2,1-2H3,(H,33,34)/t22-/m1/s1. The van der Waals surface area contributed by atoms with E-state index < -0.39 is 0 Å². The Hall–Kier alpha value is -4.76. The number of hydrogen-bond donors (Lipinski definition) is 1. The number of rotatable bonds is 5. The fourth-order valence-corrected chi connectivity index (χ4v) is 6.37. The van der Waals surface area contributed by atoms with Gasteiger partial charge in [0.2, 0.25) is 11.8 Å². The monoisotopic (exact) mass is 542 g/mol. The van der Waals surface area contributed by atoms with E-state index in [1.807, 2.05) is 36.1 Å². The molecule has 9 heteroatoms. The Morgan fingerprint density at radius 2 is 1.85 bits per heavy atom. The molecule has 1 fully saturated rings. The number of nitrogens with one attached hydrogen (secondary N) is 1. The zero-order valence-electron chi connectivity index (χ0n) is 23.1. The third-order valence-electron chi connectivity index (χ3n) is 8.37. The van der Waals surface area contributed by atoms with Gasteiger partial charge in [0.1, 0.15) is 0 Å². The summed E-state index contributed by atoms with van der Waals surface area (Å²) < 4.78 is 10.4. The predicted octanol–water partition coefficient (Wildman–Crippen LogP) is 6.04. The second-order valence-electron chi connectivity index (χ2n) is 11.2. The number of nitrogens with zero attached hydrogens (tertiary/aromatic N) is 7. The molecule has 1 N–H and O–H groups in total. The molecule has 5 heterocycles. The number of likely N-dealkylation sites (tertiary alicyclic amines) is 1. The molecule has 0 radical (unpaired) electrons. The molecule has 1 aliphatic rings. The quantitative estimate of drug-likeness (QED) is 0.285. The lowest BCUT2D eigenvalue weighted by Crippen LogP contribution is -2.34. The third kappa shape index (κ3) is 4.20. The summed E-state index contributed by atoms with van der Waals surface area (Å²) in [6.45, 7) is 2.90. The van der Waals surface area contributed by atoms with E-state index >= 15 is 0 Å². The van der Waals surface area contributed by atoms with Crippen molar-refractivity contribution in [3.05, 3.63) is 84.5 Å². The van der Waals surface area contributed by atoms with Crippen LogP contribution < -0.4 is 0 Å². The van der Waals surface area contributed by atoms with Crippen molar-refractivity contribution in [3.63, 3.8) is 0 Å². The zero-order valence-corrected chi connectivity index (χ0v) is 23.1. The number of piperidine rings is 1. The number of fused-ring (bicyclic) bond motifs is 3. The fraction of sp³-hybridized carbons (Fsp3) is 0.250. The van der Waals surface area contributed by atoms with Crippen LogP contribution in [-0.2, 0) is 20.6 Å². The van der Waals surface area contributed by atoms with Gasteiger partial charge in [-0.25, -0.2) is 0 Å². The predicted molar refractivity (Wildman–Crippen MR) is 159 cm³/mol. The van der Waals surface area contributed by atoms with Gasteiger partial charge in [-0.2, -0.15) is 10.2 Å². The van der Waals surface area contributed by atoms with Gasteiger partial charge in [-0.3, -0.25) is 14.7 Å². The molecular weight excluding hydrogens is 512 g/mol. The van der Waals surface area contributed by atoms with Crippen molar-refractivity contribution in [2.45, 2.75) is 25.3 Å². The lowest BCUT2D eigenvalue weighted by molar-refractivity contribution is 0.187. The summed E-state index contributed by atoms with van der Waals surface area (Å²) >= 11 is 0. The highest BCUT2D eigenvalue weighted by atomic mass is 16.4. The molecule has 1 aliphatic heterocycles. The van der Waals surface area contributed by atoms with E-state index in [2.05, 4.69) is 90.7 Å². The van der Waals surface area contributed by atoms with Gasteiger partial charge in [-0.15, -0.1) is 10.2 Å². The highest BCUT2D eigenvalue weighted by Gasteiger charge is 2.27. The second-order valence-corrected chi connectivity index (χ2v) is 11.2. The van der Waals surface area contributed by atoms with Gasteiger partial charge in [0.25, 0.3) is 0 Å². The van der Waals surface area contributed by atoms with E-state index in [4.69, 9.17) is 4.42 Å². The van der Waals surface area contributed by atoms with Crippen LogP contribution in [-0.4, -0.2) is 52.7 Å². The average Bonchev–Trinajstić information content (AvgIpc) is 3.78. The Balaban J connectivity index is 1.05. The Morgan fingerprint density at radius 1 is 0.951 bits per heavy atom. The molecule has 1 saturated heterocycles. The van der Waals surface area contributed by atoms with Crippen LogP contribution in [0.4, 0.5) is 0 Å². The summed E-state index contributed by atoms with van der Waals surface area (Å²) in [6.07, 6.45) is 6.44. The topological polar surface area (TPSA) is 93.6 Å². The minimum absolute atomic E-state index is 0.222. The SMILES string of the molecule is Cn1cc2cc(-c3n[nH]c4ccc(-c5nnc([C@@H]6CCCN(Cc7cn(C)c8ccccc78)C6)o5)cc34)ccc2n1. The van der Waals surface area contributed by atoms with Crippen LogP contribution in [0.25, 0.3) is 55.4 Å². The van der Waals surface area contributed by atoms with E-state index in [9.17, 15) is 0 Å². The molecule has 0 aliphatic carbocycles. The Morgan fingerprint density at radius 3 is 2.80 bits per heavy atom. The molecular formula is C32H30N8O. The molecule has 1 atom stereocenters. The number of aromatic nitrogens is 7. The van der Waals surface area contributed by atoms with Gasteiger partial charge in [-0.05, 0) is 61.3 Å². The van der Waals surface area contributed by atoms with Crippen molar-refractivity contribution in [2.24, 2.45) is 14.1 Å². The molecule has 7 aromatic rings. The van der Waals surface area contributed by atoms with Gasteiger partial charge in [0.05, 0.1) is 22.6 Å². The number of aromatic amines is 1. The van der Waals surface area contributed by atoms with Crippen LogP contribution in [0.5, 0.6) is 0 Å². The molecule has 4 aromatic heterocycles. The van der Waals surface area contributed by atoms with Crippen LogP contribution in [0, 0.1) is 0 Å². The highest BCUT2D eigenvalue weighted by Crippen LogP contribution is 2.34. The van der Waals surface area contributed by atoms with Crippen molar-refractivity contribution in [1.29, 1.82) is 0 Å². The van der Waals surface area contributed by atoms with Crippen molar-refractivity contribution >= 4 is 32.7 Å². The molecule has 0 unspecified atom stereocenters. The molecule has 0 amide bonds. The van der Waals surface area contributed by atoms with E-state index in [0.717, 1.165) is 77.0 Å². The van der Waals surface area contributed by atoms with E-state index in [0.29, 0.717) is 5.89 Å². The first kappa shape index (κ1) is 24.1. The molecule has 0 saturated carbocycles. The number of benzene rings is 3. The van der Waals surface area contributed by atoms with Gasteiger partial charge >= 0.3 is 0 Å². The van der Waals surface area contributed by atoms with Crippen molar-refractivity contribution in [1.82, 2.24) is 39.6 Å². The normalized spacial score (nSPS) is 16.4. The van der Waals surface area contributed by atoms with Crippen molar-refractivity contribution < 1.29 is 4.42 Å². The lowest BCUT2D eigenvalue weighted by Gasteiger charge is -2.30. The van der Waals surface area contributed by atoms with Crippen LogP contribution in [0.2, 0.25) is 0 Å². The highest BCUT2D eigenvalue weighted by molar-refractivity contribution is 5.97. The number of H-pyrrole nitrogens is 1. The minimum Gasteiger partial charge on any atom is -0.420 e. The van der Waals surface area contributed by atoms with Gasteiger partial charge < -0.3 is 8.98 Å². The molecule has 204 valence electrons. The molecule has 41 heavy (non-hydrogen) atoms. The summed E-state index contributed by atoms with van der Waals surface area (Å²) in [5.74, 6) is 1.49. The van der Waals surface area contributed by atoms with E-state index in [1.165, 1.54) is 16.5 Å². The summed E-state index contributed by atoms with van der Waals surface area (Å²) in [7, 11) is 4.05. The first-order valence-corrected chi connectivity index (χ1v) is 14.1. The van der Waals surface area contributed by atoms with Gasteiger partial charge in [0.15, 0.2) is 0 Å². The first-order valence-electron chi connectivity index (χ1n) is 14.1. The molecule has 0 spiro atoms. The maximum absolute atomic E-state index is 6.32. The second kappa shape index (κ2) is 9.42. The third-order valence-corrected chi connectivity index (χ3v) is 8.37. The van der Waals surface area contributed by atoms with Gasteiger partial charge in [0, 0.05) is 72.4 Å². The van der Waals surface area contributed by atoms with Crippen LogP contribution in [0.15, 0.2) is 77.5 Å². The Bertz CT molecular complexity index is 2040. The lowest BCUT2D eigenvalue weighted by atomic mass is 9.97. The van der Waals surface area contributed by atoms with Crippen molar-refractivity contribution in [2.75, 3.05) is 13.1 Å². The van der Waals surface area contributed by atoms with E-state index in [1.54, 1.807) is 0 Å². The molecule has 9 nitrogen and oxygen atoms in total. The van der Waals surface area contributed by atoms with E-state index in [-0.39, 0.29) is 5.92 Å². The van der Waals surface area contributed by atoms with Crippen LogP contribution >= 0.6 is 0 Å². The molecule has 0 bridgehead atoms. The van der Waals surface area contributed by atoms with Crippen molar-refractivity contribution in [3.8, 4) is 22.7 Å². The van der Waals surface area contributed by atoms with Crippen LogP contribution in [0.1, 0.15) is 30.2 Å². The van der Waals surface area contributed by atoms with Crippen LogP contribution in [0.3, 0.4) is 0 Å². The summed E-state index contributed by atoms with van der Waals surface area (Å²) in [6, 6.07) is 21.0. The average molecular weight is 543 g/mol. The summed E-state index contributed by atoms with van der Waals surface area (Å²) in [5, 5.41) is 24.7. The smallest absolute Gasteiger partial charge is 0.247 e. The number of para-hydroxylation sites is 1. The maximum atomic E-state index is 6.32. The summed E-state index contributed by atoms with van der Waals surface area (Å²) in [4.78, 5) is 2.52. The molecule has 8 rings (SSSR count). The largest absolute Gasteiger partial charge is 0.420 e. The zero-order chi connectivity index (χ0) is 27.5. The Labute approximate surface area is 236 Å². The van der Waals surface area contributed by atoms with Gasteiger partial charge in [-0.1, -0.05) is 24.3 Å². The minimum atomic E-state index is 0.222.